The highest BCUT2D eigenvalue weighted by atomic mass is 35.5. The molecular weight excluding hydrogens is 481 g/mol. The number of benzene rings is 2. The fraction of sp³-hybridized carbons (Fsp3) is 0.250. The number of thiophene rings is 1. The lowest BCUT2D eigenvalue weighted by molar-refractivity contribution is 0.102. The van der Waals surface area contributed by atoms with Crippen LogP contribution in [0.4, 0.5) is 5.00 Å². The SMILES string of the molecule is CC(C)N1CCc2c(sc(NC(=O)c3cc(Cl)cc(Cl)c3)c2-c2nc3ccccc3s2)C1. The number of carbonyl (C=O) groups excluding carboxylic acids is 1. The van der Waals surface area contributed by atoms with E-state index in [1.54, 1.807) is 40.9 Å². The van der Waals surface area contributed by atoms with Crippen LogP contribution in [0.25, 0.3) is 20.8 Å². The highest BCUT2D eigenvalue weighted by Crippen LogP contribution is 2.46. The maximum Gasteiger partial charge on any atom is 0.256 e. The molecular formula is C24H21Cl2N3OS2. The van der Waals surface area contributed by atoms with Gasteiger partial charge in [-0.15, -0.1) is 22.7 Å². The van der Waals surface area contributed by atoms with E-state index in [1.165, 1.54) is 10.4 Å². The zero-order chi connectivity index (χ0) is 22.4. The number of hydrogen-bond donors (Lipinski definition) is 1. The Hall–Kier alpha value is -1.96. The van der Waals surface area contributed by atoms with Crippen molar-refractivity contribution >= 4 is 67.0 Å². The molecule has 164 valence electrons. The molecule has 5 rings (SSSR count). The third-order valence-electron chi connectivity index (χ3n) is 5.68. The van der Waals surface area contributed by atoms with Gasteiger partial charge in [-0.3, -0.25) is 9.69 Å². The minimum Gasteiger partial charge on any atom is -0.313 e. The second kappa shape index (κ2) is 8.76. The van der Waals surface area contributed by atoms with E-state index in [-0.39, 0.29) is 5.91 Å². The molecule has 3 heterocycles. The van der Waals surface area contributed by atoms with E-state index in [0.29, 0.717) is 21.7 Å². The Balaban J connectivity index is 1.59. The summed E-state index contributed by atoms with van der Waals surface area (Å²) in [6.45, 7) is 6.32. The van der Waals surface area contributed by atoms with Gasteiger partial charge in [0.15, 0.2) is 0 Å². The van der Waals surface area contributed by atoms with E-state index in [9.17, 15) is 4.79 Å². The van der Waals surface area contributed by atoms with Gasteiger partial charge in [0.1, 0.15) is 10.0 Å². The molecule has 0 radical (unpaired) electrons. The van der Waals surface area contributed by atoms with Gasteiger partial charge in [-0.2, -0.15) is 0 Å². The molecule has 1 aliphatic rings. The number of aromatic nitrogens is 1. The largest absolute Gasteiger partial charge is 0.313 e. The Morgan fingerprint density at radius 2 is 1.88 bits per heavy atom. The number of fused-ring (bicyclic) bond motifs is 2. The molecule has 1 aliphatic heterocycles. The molecule has 2 aromatic carbocycles. The van der Waals surface area contributed by atoms with Crippen LogP contribution in [0.3, 0.4) is 0 Å². The van der Waals surface area contributed by atoms with Crippen molar-refractivity contribution in [2.24, 2.45) is 0 Å². The summed E-state index contributed by atoms with van der Waals surface area (Å²) < 4.78 is 1.14. The minimum absolute atomic E-state index is 0.226. The van der Waals surface area contributed by atoms with E-state index in [4.69, 9.17) is 28.2 Å². The summed E-state index contributed by atoms with van der Waals surface area (Å²) in [6.07, 6.45) is 0.939. The first-order valence-electron chi connectivity index (χ1n) is 10.4. The van der Waals surface area contributed by atoms with E-state index in [2.05, 4.69) is 30.1 Å². The summed E-state index contributed by atoms with van der Waals surface area (Å²) in [5.74, 6) is -0.226. The molecule has 32 heavy (non-hydrogen) atoms. The van der Waals surface area contributed by atoms with Gasteiger partial charge in [0.25, 0.3) is 5.91 Å². The first kappa shape index (κ1) is 21.9. The van der Waals surface area contributed by atoms with E-state index >= 15 is 0 Å². The predicted octanol–water partition coefficient (Wildman–Crippen LogP) is 7.35. The van der Waals surface area contributed by atoms with Crippen LogP contribution in [-0.2, 0) is 13.0 Å². The number of halogens is 2. The topological polar surface area (TPSA) is 45.2 Å². The summed E-state index contributed by atoms with van der Waals surface area (Å²) in [5.41, 5.74) is 3.76. The second-order valence-corrected chi connectivity index (χ2v) is 11.1. The number of para-hydroxylation sites is 1. The Bertz CT molecular complexity index is 1280. The summed E-state index contributed by atoms with van der Waals surface area (Å²) in [5, 5.41) is 5.79. The van der Waals surface area contributed by atoms with Crippen molar-refractivity contribution in [3.05, 3.63) is 68.5 Å². The average Bonchev–Trinajstić information content (AvgIpc) is 3.32. The van der Waals surface area contributed by atoms with Crippen LogP contribution in [0.5, 0.6) is 0 Å². The quantitative estimate of drug-likeness (QED) is 0.317. The summed E-state index contributed by atoms with van der Waals surface area (Å²) in [6, 6.07) is 13.5. The molecule has 0 atom stereocenters. The van der Waals surface area contributed by atoms with Gasteiger partial charge in [0.2, 0.25) is 0 Å². The summed E-state index contributed by atoms with van der Waals surface area (Å²) in [4.78, 5) is 21.8. The number of amides is 1. The molecule has 1 amide bonds. The van der Waals surface area contributed by atoms with Crippen LogP contribution in [-0.4, -0.2) is 28.4 Å². The Morgan fingerprint density at radius 1 is 1.12 bits per heavy atom. The molecule has 0 saturated carbocycles. The number of anilines is 1. The van der Waals surface area contributed by atoms with Crippen LogP contribution in [0.1, 0.15) is 34.6 Å². The van der Waals surface area contributed by atoms with E-state index in [0.717, 1.165) is 45.3 Å². The number of rotatable bonds is 4. The van der Waals surface area contributed by atoms with Gasteiger partial charge in [0.05, 0.1) is 10.2 Å². The Labute approximate surface area is 204 Å². The number of thiazole rings is 1. The second-order valence-electron chi connectivity index (χ2n) is 8.12. The number of nitrogens with one attached hydrogen (secondary N) is 1. The zero-order valence-electron chi connectivity index (χ0n) is 17.6. The van der Waals surface area contributed by atoms with Gasteiger partial charge in [-0.05, 0) is 56.2 Å². The smallest absolute Gasteiger partial charge is 0.256 e. The molecule has 0 unspecified atom stereocenters. The van der Waals surface area contributed by atoms with Crippen LogP contribution in [0.2, 0.25) is 10.0 Å². The standard InChI is InChI=1S/C24H21Cl2N3OS2/c1-13(2)29-8-7-17-20(12-29)32-24(28-22(30)14-9-15(25)11-16(26)10-14)21(17)23-27-18-5-3-4-6-19(18)31-23/h3-6,9-11,13H,7-8,12H2,1-2H3,(H,28,30). The van der Waals surface area contributed by atoms with Crippen LogP contribution < -0.4 is 5.32 Å². The van der Waals surface area contributed by atoms with Crippen LogP contribution in [0, 0.1) is 0 Å². The lowest BCUT2D eigenvalue weighted by atomic mass is 10.0. The van der Waals surface area contributed by atoms with Gasteiger partial charge >= 0.3 is 0 Å². The van der Waals surface area contributed by atoms with Crippen molar-refractivity contribution in [2.45, 2.75) is 32.9 Å². The van der Waals surface area contributed by atoms with Crippen LogP contribution in [0.15, 0.2) is 42.5 Å². The molecule has 0 aliphatic carbocycles. The molecule has 2 aromatic heterocycles. The van der Waals surface area contributed by atoms with Gasteiger partial charge in [-0.1, -0.05) is 35.3 Å². The molecule has 8 heteroatoms. The van der Waals surface area contributed by atoms with Crippen LogP contribution >= 0.6 is 45.9 Å². The van der Waals surface area contributed by atoms with Gasteiger partial charge in [-0.25, -0.2) is 4.98 Å². The highest BCUT2D eigenvalue weighted by molar-refractivity contribution is 7.23. The zero-order valence-corrected chi connectivity index (χ0v) is 20.8. The number of carbonyl (C=O) groups is 1. The number of nitrogens with zero attached hydrogens (tertiary/aromatic N) is 2. The maximum absolute atomic E-state index is 13.1. The predicted molar refractivity (Wildman–Crippen MR) is 137 cm³/mol. The van der Waals surface area contributed by atoms with Crippen molar-refractivity contribution in [3.63, 3.8) is 0 Å². The Morgan fingerprint density at radius 3 is 2.59 bits per heavy atom. The molecule has 1 N–H and O–H groups in total. The van der Waals surface area contributed by atoms with Crippen molar-refractivity contribution in [1.82, 2.24) is 9.88 Å². The third kappa shape index (κ3) is 4.18. The fourth-order valence-electron chi connectivity index (χ4n) is 4.02. The summed E-state index contributed by atoms with van der Waals surface area (Å²) >= 11 is 15.6. The maximum atomic E-state index is 13.1. The van der Waals surface area contributed by atoms with Crippen molar-refractivity contribution in [3.8, 4) is 10.6 Å². The lowest BCUT2D eigenvalue weighted by Gasteiger charge is -2.30. The first-order valence-corrected chi connectivity index (χ1v) is 12.8. The van der Waals surface area contributed by atoms with E-state index < -0.39 is 0 Å². The van der Waals surface area contributed by atoms with Gasteiger partial charge in [0, 0.05) is 45.2 Å². The lowest BCUT2D eigenvalue weighted by Crippen LogP contribution is -2.35. The molecule has 0 bridgehead atoms. The van der Waals surface area contributed by atoms with Gasteiger partial charge < -0.3 is 5.32 Å². The monoisotopic (exact) mass is 501 g/mol. The molecule has 0 spiro atoms. The van der Waals surface area contributed by atoms with Crippen molar-refractivity contribution < 1.29 is 4.79 Å². The normalized spacial score (nSPS) is 14.2. The first-order chi connectivity index (χ1) is 15.4. The number of hydrogen-bond acceptors (Lipinski definition) is 5. The molecule has 0 saturated heterocycles. The van der Waals surface area contributed by atoms with Crippen molar-refractivity contribution in [2.75, 3.05) is 11.9 Å². The Kier molecular flexibility index (Phi) is 5.99. The minimum atomic E-state index is -0.226. The highest BCUT2D eigenvalue weighted by Gasteiger charge is 2.28. The average molecular weight is 502 g/mol. The molecule has 4 aromatic rings. The molecule has 4 nitrogen and oxygen atoms in total. The summed E-state index contributed by atoms with van der Waals surface area (Å²) in [7, 11) is 0. The fourth-order valence-corrected chi connectivity index (χ4v) is 6.92. The van der Waals surface area contributed by atoms with Crippen molar-refractivity contribution in [1.29, 1.82) is 0 Å². The third-order valence-corrected chi connectivity index (χ3v) is 8.30. The van der Waals surface area contributed by atoms with E-state index in [1.807, 2.05) is 18.2 Å². The molecule has 0 fully saturated rings.